The lowest BCUT2D eigenvalue weighted by molar-refractivity contribution is -0.131. The van der Waals surface area contributed by atoms with Gasteiger partial charge >= 0.3 is 0 Å². The number of imidazole rings is 1. The standard InChI is InChI=1S/C20H21N5O2/c1-27-16-6-4-15(5-7-16)11-20(26)25-9-2-3-18(25)17-12-22-13-19(23-17)24-10-8-21-14-24/h4-8,10,12-14,18H,2-3,9,11H2,1H3/t18-/m0/s1. The highest BCUT2D eigenvalue weighted by Crippen LogP contribution is 2.31. The molecule has 138 valence electrons. The van der Waals surface area contributed by atoms with E-state index in [1.54, 1.807) is 32.0 Å². The van der Waals surface area contributed by atoms with Crippen LogP contribution in [0.3, 0.4) is 0 Å². The number of benzene rings is 1. The fourth-order valence-corrected chi connectivity index (χ4v) is 3.44. The Kier molecular flexibility index (Phi) is 4.82. The molecule has 1 fully saturated rings. The molecule has 1 saturated heterocycles. The van der Waals surface area contributed by atoms with Gasteiger partial charge in [-0.05, 0) is 30.5 Å². The maximum absolute atomic E-state index is 12.9. The molecule has 3 heterocycles. The maximum Gasteiger partial charge on any atom is 0.227 e. The first-order valence-corrected chi connectivity index (χ1v) is 8.97. The molecule has 1 atom stereocenters. The van der Waals surface area contributed by atoms with Crippen molar-refractivity contribution in [3.8, 4) is 11.6 Å². The molecule has 0 N–H and O–H groups in total. The minimum absolute atomic E-state index is 0.0354. The minimum Gasteiger partial charge on any atom is -0.497 e. The van der Waals surface area contributed by atoms with Crippen molar-refractivity contribution in [3.05, 3.63) is 66.6 Å². The molecule has 0 aliphatic carbocycles. The van der Waals surface area contributed by atoms with Crippen molar-refractivity contribution in [1.82, 2.24) is 24.4 Å². The molecule has 7 nitrogen and oxygen atoms in total. The van der Waals surface area contributed by atoms with E-state index in [0.717, 1.165) is 36.4 Å². The lowest BCUT2D eigenvalue weighted by Gasteiger charge is -2.24. The zero-order chi connectivity index (χ0) is 18.6. The van der Waals surface area contributed by atoms with Crippen LogP contribution in [-0.4, -0.2) is 44.0 Å². The summed E-state index contributed by atoms with van der Waals surface area (Å²) in [7, 11) is 1.63. The summed E-state index contributed by atoms with van der Waals surface area (Å²) in [5.41, 5.74) is 1.80. The first-order chi connectivity index (χ1) is 13.2. The number of amides is 1. The molecule has 1 aromatic carbocycles. The zero-order valence-electron chi connectivity index (χ0n) is 15.2. The van der Waals surface area contributed by atoms with Crippen LogP contribution in [0.4, 0.5) is 0 Å². The third-order valence-corrected chi connectivity index (χ3v) is 4.84. The van der Waals surface area contributed by atoms with Crippen molar-refractivity contribution in [1.29, 1.82) is 0 Å². The van der Waals surface area contributed by atoms with Gasteiger partial charge in [0.1, 0.15) is 12.1 Å². The molecule has 1 aliphatic rings. The quantitative estimate of drug-likeness (QED) is 0.697. The predicted octanol–water partition coefficient (Wildman–Crippen LogP) is 2.58. The molecule has 1 amide bonds. The van der Waals surface area contributed by atoms with Crippen LogP contribution in [0.1, 0.15) is 30.1 Å². The van der Waals surface area contributed by atoms with E-state index in [1.165, 1.54) is 0 Å². The van der Waals surface area contributed by atoms with E-state index in [-0.39, 0.29) is 11.9 Å². The van der Waals surface area contributed by atoms with Crippen LogP contribution in [0.5, 0.6) is 5.75 Å². The lowest BCUT2D eigenvalue weighted by Crippen LogP contribution is -2.32. The van der Waals surface area contributed by atoms with Gasteiger partial charge in [0.2, 0.25) is 5.91 Å². The first kappa shape index (κ1) is 17.2. The summed E-state index contributed by atoms with van der Waals surface area (Å²) in [5, 5.41) is 0. The van der Waals surface area contributed by atoms with E-state index < -0.39 is 0 Å². The van der Waals surface area contributed by atoms with Crippen LogP contribution in [0.25, 0.3) is 5.82 Å². The number of aromatic nitrogens is 4. The molecule has 0 saturated carbocycles. The van der Waals surface area contributed by atoms with E-state index in [4.69, 9.17) is 9.72 Å². The summed E-state index contributed by atoms with van der Waals surface area (Å²) in [4.78, 5) is 27.9. The number of nitrogens with zero attached hydrogens (tertiary/aromatic N) is 5. The summed E-state index contributed by atoms with van der Waals surface area (Å²) in [6.07, 6.45) is 10.9. The second kappa shape index (κ2) is 7.57. The lowest BCUT2D eigenvalue weighted by atomic mass is 10.1. The Morgan fingerprint density at radius 3 is 2.81 bits per heavy atom. The highest BCUT2D eigenvalue weighted by atomic mass is 16.5. The Bertz CT molecular complexity index is 908. The molecular formula is C20H21N5O2. The molecule has 2 aromatic heterocycles. The topological polar surface area (TPSA) is 73.1 Å². The number of likely N-dealkylation sites (tertiary alicyclic amines) is 1. The molecule has 4 rings (SSSR count). The van der Waals surface area contributed by atoms with Gasteiger partial charge in [-0.25, -0.2) is 9.97 Å². The average Bonchev–Trinajstić information content (AvgIpc) is 3.41. The van der Waals surface area contributed by atoms with Crippen molar-refractivity contribution >= 4 is 5.91 Å². The first-order valence-electron chi connectivity index (χ1n) is 8.97. The molecule has 0 radical (unpaired) electrons. The smallest absolute Gasteiger partial charge is 0.227 e. The van der Waals surface area contributed by atoms with Gasteiger partial charge < -0.3 is 9.64 Å². The number of ether oxygens (including phenoxy) is 1. The summed E-state index contributed by atoms with van der Waals surface area (Å²) in [6.45, 7) is 0.747. The van der Waals surface area contributed by atoms with Crippen LogP contribution in [0, 0.1) is 0 Å². The van der Waals surface area contributed by atoms with Crippen LogP contribution < -0.4 is 4.74 Å². The molecule has 0 bridgehead atoms. The Hall–Kier alpha value is -3.22. The molecule has 3 aromatic rings. The van der Waals surface area contributed by atoms with Crippen LogP contribution >= 0.6 is 0 Å². The third kappa shape index (κ3) is 3.67. The maximum atomic E-state index is 12.9. The monoisotopic (exact) mass is 363 g/mol. The number of hydrogen-bond donors (Lipinski definition) is 0. The summed E-state index contributed by atoms with van der Waals surface area (Å²) in [6, 6.07) is 7.59. The SMILES string of the molecule is COc1ccc(CC(=O)N2CCC[C@H]2c2cncc(-n3ccnc3)n2)cc1. The average molecular weight is 363 g/mol. The molecule has 1 aliphatic heterocycles. The van der Waals surface area contributed by atoms with Crippen molar-refractivity contribution in [3.63, 3.8) is 0 Å². The van der Waals surface area contributed by atoms with Crippen LogP contribution in [0.2, 0.25) is 0 Å². The Morgan fingerprint density at radius 2 is 2.07 bits per heavy atom. The Morgan fingerprint density at radius 1 is 1.22 bits per heavy atom. The van der Waals surface area contributed by atoms with Crippen LogP contribution in [-0.2, 0) is 11.2 Å². The van der Waals surface area contributed by atoms with Gasteiger partial charge in [-0.2, -0.15) is 0 Å². The number of hydrogen-bond acceptors (Lipinski definition) is 5. The fraction of sp³-hybridized carbons (Fsp3) is 0.300. The van der Waals surface area contributed by atoms with Gasteiger partial charge in [-0.3, -0.25) is 14.3 Å². The molecule has 0 spiro atoms. The Labute approximate surface area is 157 Å². The molecule has 0 unspecified atom stereocenters. The van der Waals surface area contributed by atoms with Crippen molar-refractivity contribution in [2.75, 3.05) is 13.7 Å². The highest BCUT2D eigenvalue weighted by molar-refractivity contribution is 5.79. The summed E-state index contributed by atoms with van der Waals surface area (Å²) >= 11 is 0. The van der Waals surface area contributed by atoms with Crippen molar-refractivity contribution in [2.45, 2.75) is 25.3 Å². The van der Waals surface area contributed by atoms with E-state index in [0.29, 0.717) is 12.2 Å². The summed E-state index contributed by atoms with van der Waals surface area (Å²) < 4.78 is 6.99. The van der Waals surface area contributed by atoms with E-state index in [1.807, 2.05) is 39.9 Å². The third-order valence-electron chi connectivity index (χ3n) is 4.84. The molecule has 27 heavy (non-hydrogen) atoms. The number of rotatable bonds is 5. The van der Waals surface area contributed by atoms with E-state index in [9.17, 15) is 4.79 Å². The normalized spacial score (nSPS) is 16.5. The Balaban J connectivity index is 1.51. The van der Waals surface area contributed by atoms with Gasteiger partial charge in [0.05, 0.1) is 37.7 Å². The van der Waals surface area contributed by atoms with Gasteiger partial charge in [0.25, 0.3) is 0 Å². The van der Waals surface area contributed by atoms with Gasteiger partial charge in [0, 0.05) is 18.9 Å². The van der Waals surface area contributed by atoms with Crippen molar-refractivity contribution in [2.24, 2.45) is 0 Å². The van der Waals surface area contributed by atoms with Gasteiger partial charge in [-0.1, -0.05) is 12.1 Å². The van der Waals surface area contributed by atoms with Crippen LogP contribution in [0.15, 0.2) is 55.4 Å². The molecule has 7 heteroatoms. The largest absolute Gasteiger partial charge is 0.497 e. The van der Waals surface area contributed by atoms with Crippen molar-refractivity contribution < 1.29 is 9.53 Å². The zero-order valence-corrected chi connectivity index (χ0v) is 15.2. The predicted molar refractivity (Wildman–Crippen MR) is 99.5 cm³/mol. The highest BCUT2D eigenvalue weighted by Gasteiger charge is 2.31. The second-order valence-electron chi connectivity index (χ2n) is 6.54. The van der Waals surface area contributed by atoms with E-state index in [2.05, 4.69) is 9.97 Å². The number of carbonyl (C=O) groups is 1. The number of methoxy groups -OCH3 is 1. The van der Waals surface area contributed by atoms with E-state index >= 15 is 0 Å². The number of carbonyl (C=O) groups excluding carboxylic acids is 1. The van der Waals surface area contributed by atoms with Gasteiger partial charge in [-0.15, -0.1) is 0 Å². The summed E-state index contributed by atoms with van der Waals surface area (Å²) in [5.74, 6) is 1.61. The minimum atomic E-state index is -0.0354. The molecular weight excluding hydrogens is 342 g/mol. The van der Waals surface area contributed by atoms with Gasteiger partial charge in [0.15, 0.2) is 5.82 Å². The second-order valence-corrected chi connectivity index (χ2v) is 6.54. The fourth-order valence-electron chi connectivity index (χ4n) is 3.44.